The van der Waals surface area contributed by atoms with Gasteiger partial charge in [0.15, 0.2) is 0 Å². The summed E-state index contributed by atoms with van der Waals surface area (Å²) in [7, 11) is 1.94. The zero-order valence-electron chi connectivity index (χ0n) is 9.16. The number of halogens is 1. The Hall–Kier alpha value is -1.19. The first kappa shape index (κ1) is 11.3. The molecule has 1 aromatic heterocycles. The van der Waals surface area contributed by atoms with E-state index in [1.54, 1.807) is 17.4 Å². The molecular formula is C13H14FNS. The molecule has 1 N–H and O–H groups in total. The van der Waals surface area contributed by atoms with Gasteiger partial charge in [0.1, 0.15) is 5.82 Å². The number of benzene rings is 1. The summed E-state index contributed by atoms with van der Waals surface area (Å²) in [4.78, 5) is 2.29. The van der Waals surface area contributed by atoms with Crippen molar-refractivity contribution in [1.82, 2.24) is 5.32 Å². The van der Waals surface area contributed by atoms with Crippen molar-refractivity contribution in [3.63, 3.8) is 0 Å². The molecule has 0 saturated heterocycles. The van der Waals surface area contributed by atoms with Gasteiger partial charge in [-0.25, -0.2) is 4.39 Å². The van der Waals surface area contributed by atoms with Crippen LogP contribution in [0.2, 0.25) is 0 Å². The summed E-state index contributed by atoms with van der Waals surface area (Å²) in [6.45, 7) is 0.956. The lowest BCUT2D eigenvalue weighted by Gasteiger charge is -1.98. The lowest BCUT2D eigenvalue weighted by atomic mass is 10.2. The number of thiophene rings is 1. The molecule has 3 heteroatoms. The molecule has 1 nitrogen and oxygen atoms in total. The van der Waals surface area contributed by atoms with Crippen LogP contribution in [-0.2, 0) is 6.42 Å². The number of hydrogen-bond acceptors (Lipinski definition) is 2. The van der Waals surface area contributed by atoms with E-state index in [0.717, 1.165) is 17.8 Å². The van der Waals surface area contributed by atoms with Gasteiger partial charge in [-0.15, -0.1) is 11.3 Å². The van der Waals surface area contributed by atoms with Gasteiger partial charge in [0.05, 0.1) is 0 Å². The molecule has 16 heavy (non-hydrogen) atoms. The Labute approximate surface area is 98.9 Å². The highest BCUT2D eigenvalue weighted by molar-refractivity contribution is 7.15. The number of likely N-dealkylation sites (N-methyl/N-ethyl adjacent to an activating group) is 1. The van der Waals surface area contributed by atoms with Gasteiger partial charge in [0.2, 0.25) is 0 Å². The van der Waals surface area contributed by atoms with E-state index >= 15 is 0 Å². The van der Waals surface area contributed by atoms with E-state index < -0.39 is 0 Å². The fourth-order valence-electron chi connectivity index (χ4n) is 1.57. The number of rotatable bonds is 4. The van der Waals surface area contributed by atoms with Gasteiger partial charge < -0.3 is 5.32 Å². The van der Waals surface area contributed by atoms with Gasteiger partial charge in [0.25, 0.3) is 0 Å². The summed E-state index contributed by atoms with van der Waals surface area (Å²) in [6, 6.07) is 11.0. The summed E-state index contributed by atoms with van der Waals surface area (Å²) >= 11 is 1.66. The first-order chi connectivity index (χ1) is 7.81. The molecule has 0 radical (unpaired) electrons. The third kappa shape index (κ3) is 2.49. The zero-order valence-corrected chi connectivity index (χ0v) is 9.98. The van der Waals surface area contributed by atoms with Crippen molar-refractivity contribution in [2.75, 3.05) is 13.6 Å². The van der Waals surface area contributed by atoms with Gasteiger partial charge in [-0.1, -0.05) is 18.2 Å². The summed E-state index contributed by atoms with van der Waals surface area (Å²) in [5.74, 6) is -0.149. The van der Waals surface area contributed by atoms with Crippen LogP contribution in [0, 0.1) is 5.82 Å². The molecule has 0 atom stereocenters. The van der Waals surface area contributed by atoms with Gasteiger partial charge in [-0.05, 0) is 38.2 Å². The van der Waals surface area contributed by atoms with Crippen LogP contribution >= 0.6 is 11.3 Å². The van der Waals surface area contributed by atoms with E-state index in [-0.39, 0.29) is 5.82 Å². The lowest BCUT2D eigenvalue weighted by molar-refractivity contribution is 0.631. The maximum atomic E-state index is 13.5. The zero-order chi connectivity index (χ0) is 11.4. The van der Waals surface area contributed by atoms with Crippen LogP contribution in [0.1, 0.15) is 4.88 Å². The Morgan fingerprint density at radius 1 is 1.19 bits per heavy atom. The molecule has 0 bridgehead atoms. The predicted octanol–water partition coefficient (Wildman–Crippen LogP) is 3.32. The van der Waals surface area contributed by atoms with E-state index in [1.807, 2.05) is 25.2 Å². The van der Waals surface area contributed by atoms with Gasteiger partial charge in [-0.3, -0.25) is 0 Å². The Bertz CT molecular complexity index is 464. The van der Waals surface area contributed by atoms with Gasteiger partial charge >= 0.3 is 0 Å². The Kier molecular flexibility index (Phi) is 3.70. The normalized spacial score (nSPS) is 10.6. The molecule has 0 unspecified atom stereocenters. The second-order valence-electron chi connectivity index (χ2n) is 3.60. The molecule has 0 spiro atoms. The molecule has 0 amide bonds. The standard InChI is InChI=1S/C13H14FNS/c1-15-9-8-10-6-7-13(16-10)11-4-2-3-5-12(11)14/h2-7,15H,8-9H2,1H3. The first-order valence-corrected chi connectivity index (χ1v) is 6.11. The van der Waals surface area contributed by atoms with Gasteiger partial charge in [-0.2, -0.15) is 0 Å². The van der Waals surface area contributed by atoms with Crippen LogP contribution in [0.15, 0.2) is 36.4 Å². The minimum Gasteiger partial charge on any atom is -0.319 e. The van der Waals surface area contributed by atoms with E-state index in [1.165, 1.54) is 10.9 Å². The number of nitrogens with one attached hydrogen (secondary N) is 1. The van der Waals surface area contributed by atoms with Crippen LogP contribution in [0.25, 0.3) is 10.4 Å². The second kappa shape index (κ2) is 5.23. The van der Waals surface area contributed by atoms with Crippen molar-refractivity contribution >= 4 is 11.3 Å². The molecule has 0 fully saturated rings. The largest absolute Gasteiger partial charge is 0.319 e. The maximum Gasteiger partial charge on any atom is 0.131 e. The van der Waals surface area contributed by atoms with Crippen molar-refractivity contribution in [3.8, 4) is 10.4 Å². The first-order valence-electron chi connectivity index (χ1n) is 5.29. The fraction of sp³-hybridized carbons (Fsp3) is 0.231. The molecular weight excluding hydrogens is 221 g/mol. The smallest absolute Gasteiger partial charge is 0.131 e. The molecule has 0 aliphatic heterocycles. The second-order valence-corrected chi connectivity index (χ2v) is 4.77. The SMILES string of the molecule is CNCCc1ccc(-c2ccccc2F)s1. The third-order valence-electron chi connectivity index (χ3n) is 2.42. The molecule has 2 rings (SSSR count). The summed E-state index contributed by atoms with van der Waals surface area (Å²) in [6.07, 6.45) is 0.996. The molecule has 0 aliphatic rings. The van der Waals surface area contributed by atoms with Gasteiger partial charge in [0, 0.05) is 15.3 Å². The van der Waals surface area contributed by atoms with E-state index in [9.17, 15) is 4.39 Å². The van der Waals surface area contributed by atoms with Crippen molar-refractivity contribution < 1.29 is 4.39 Å². The Morgan fingerprint density at radius 2 is 2.00 bits per heavy atom. The van der Waals surface area contributed by atoms with Crippen molar-refractivity contribution in [3.05, 3.63) is 47.1 Å². The highest BCUT2D eigenvalue weighted by Crippen LogP contribution is 2.29. The van der Waals surface area contributed by atoms with E-state index in [4.69, 9.17) is 0 Å². The maximum absolute atomic E-state index is 13.5. The summed E-state index contributed by atoms with van der Waals surface area (Å²) < 4.78 is 13.5. The topological polar surface area (TPSA) is 12.0 Å². The lowest BCUT2D eigenvalue weighted by Crippen LogP contribution is -2.09. The van der Waals surface area contributed by atoms with Crippen LogP contribution in [0.4, 0.5) is 4.39 Å². The molecule has 0 aliphatic carbocycles. The molecule has 0 saturated carbocycles. The number of hydrogen-bond donors (Lipinski definition) is 1. The van der Waals surface area contributed by atoms with Crippen LogP contribution < -0.4 is 5.32 Å². The quantitative estimate of drug-likeness (QED) is 0.857. The highest BCUT2D eigenvalue weighted by Gasteiger charge is 2.06. The summed E-state index contributed by atoms with van der Waals surface area (Å²) in [5, 5.41) is 3.11. The Balaban J connectivity index is 2.22. The van der Waals surface area contributed by atoms with E-state index in [2.05, 4.69) is 11.4 Å². The van der Waals surface area contributed by atoms with Crippen LogP contribution in [-0.4, -0.2) is 13.6 Å². The van der Waals surface area contributed by atoms with Crippen LogP contribution in [0.3, 0.4) is 0 Å². The minimum absolute atomic E-state index is 0.149. The average molecular weight is 235 g/mol. The van der Waals surface area contributed by atoms with E-state index in [0.29, 0.717) is 5.56 Å². The molecule has 1 aromatic carbocycles. The average Bonchev–Trinajstić information content (AvgIpc) is 2.75. The molecule has 1 heterocycles. The van der Waals surface area contributed by atoms with Crippen molar-refractivity contribution in [1.29, 1.82) is 0 Å². The van der Waals surface area contributed by atoms with Crippen molar-refractivity contribution in [2.45, 2.75) is 6.42 Å². The predicted molar refractivity (Wildman–Crippen MR) is 67.3 cm³/mol. The highest BCUT2D eigenvalue weighted by atomic mass is 32.1. The minimum atomic E-state index is -0.149. The third-order valence-corrected chi connectivity index (χ3v) is 3.60. The van der Waals surface area contributed by atoms with Crippen molar-refractivity contribution in [2.24, 2.45) is 0 Å². The monoisotopic (exact) mass is 235 g/mol. The van der Waals surface area contributed by atoms with Crippen LogP contribution in [0.5, 0.6) is 0 Å². The molecule has 84 valence electrons. The molecule has 2 aromatic rings. The Morgan fingerprint density at radius 3 is 2.75 bits per heavy atom. The summed E-state index contributed by atoms with van der Waals surface area (Å²) in [5.41, 5.74) is 0.697. The fourth-order valence-corrected chi connectivity index (χ4v) is 2.60.